The van der Waals surface area contributed by atoms with E-state index in [-0.39, 0.29) is 5.75 Å². The summed E-state index contributed by atoms with van der Waals surface area (Å²) in [6, 6.07) is 6.26. The lowest BCUT2D eigenvalue weighted by molar-refractivity contribution is -0.271. The topological polar surface area (TPSA) is 67.8 Å². The number of carbonyl (C=O) groups excluding carboxylic acids is 1. The van der Waals surface area contributed by atoms with E-state index in [9.17, 15) is 9.90 Å². The zero-order chi connectivity index (χ0) is 15.5. The minimum atomic E-state index is -1.61. The highest BCUT2D eigenvalue weighted by Gasteiger charge is 2.03. The van der Waals surface area contributed by atoms with Crippen molar-refractivity contribution in [2.24, 2.45) is 0 Å². The van der Waals surface area contributed by atoms with E-state index in [2.05, 4.69) is 11.3 Å². The van der Waals surface area contributed by atoms with Crippen molar-refractivity contribution in [1.29, 1.82) is 0 Å². The Balaban J connectivity index is 0.000000304. The summed E-state index contributed by atoms with van der Waals surface area (Å²) in [7, 11) is 2.24. The average Bonchev–Trinajstić information content (AvgIpc) is 2.51. The summed E-state index contributed by atoms with van der Waals surface area (Å²) < 4.78 is 14.5. The minimum absolute atomic E-state index is 0.130. The third kappa shape index (κ3) is 6.96. The number of ether oxygens (including phenoxy) is 2. The van der Waals surface area contributed by atoms with Gasteiger partial charge in [0.1, 0.15) is 5.75 Å². The van der Waals surface area contributed by atoms with Crippen LogP contribution in [0.15, 0.2) is 30.9 Å². The molecule has 1 aromatic carbocycles. The first-order valence-electron chi connectivity index (χ1n) is 6.68. The molecule has 1 aliphatic heterocycles. The third-order valence-electron chi connectivity index (χ3n) is 2.68. The van der Waals surface area contributed by atoms with Crippen LogP contribution in [0.4, 0.5) is 4.79 Å². The van der Waals surface area contributed by atoms with Crippen molar-refractivity contribution < 1.29 is 23.8 Å². The predicted molar refractivity (Wildman–Crippen MR) is 78.7 cm³/mol. The number of hydrogen-bond donors (Lipinski definition) is 0. The van der Waals surface area contributed by atoms with Gasteiger partial charge in [0.05, 0.1) is 12.9 Å². The van der Waals surface area contributed by atoms with Gasteiger partial charge in [0.2, 0.25) is 9.76 Å². The molecule has 2 rings (SSSR count). The van der Waals surface area contributed by atoms with E-state index in [1.807, 2.05) is 0 Å². The number of hydrogen-bond acceptors (Lipinski definition) is 5. The quantitative estimate of drug-likeness (QED) is 0.368. The molecule has 0 aromatic heterocycles. The SMILES string of the molecule is C1CC[Si]OC1.C=CCc1ccc(OC(=O)[O-])c(OC)c1. The molecule has 0 unspecified atom stereocenters. The maximum Gasteiger partial charge on any atom is 0.257 e. The highest BCUT2D eigenvalue weighted by molar-refractivity contribution is 6.27. The van der Waals surface area contributed by atoms with Gasteiger partial charge >= 0.3 is 0 Å². The first kappa shape index (κ1) is 17.3. The molecule has 1 aromatic rings. The van der Waals surface area contributed by atoms with Gasteiger partial charge in [-0.2, -0.15) is 0 Å². The molecule has 114 valence electrons. The van der Waals surface area contributed by atoms with Crippen LogP contribution in [-0.2, 0) is 10.8 Å². The number of carboxylic acid groups (broad SMARTS) is 1. The minimum Gasteiger partial charge on any atom is -0.510 e. The Hall–Kier alpha value is -1.79. The van der Waals surface area contributed by atoms with Crippen molar-refractivity contribution in [1.82, 2.24) is 0 Å². The Bertz CT molecular complexity index is 446. The van der Waals surface area contributed by atoms with E-state index in [0.717, 1.165) is 21.9 Å². The summed E-state index contributed by atoms with van der Waals surface area (Å²) in [5.41, 5.74) is 0.965. The van der Waals surface area contributed by atoms with E-state index in [1.165, 1.54) is 32.1 Å². The summed E-state index contributed by atoms with van der Waals surface area (Å²) in [5.74, 6) is 0.490. The van der Waals surface area contributed by atoms with E-state index in [1.54, 1.807) is 18.2 Å². The van der Waals surface area contributed by atoms with Gasteiger partial charge in [-0.1, -0.05) is 18.6 Å². The van der Waals surface area contributed by atoms with Crippen LogP contribution in [0.2, 0.25) is 6.04 Å². The smallest absolute Gasteiger partial charge is 0.257 e. The first-order chi connectivity index (χ1) is 10.2. The average molecular weight is 307 g/mol. The van der Waals surface area contributed by atoms with Crippen molar-refractivity contribution in [3.05, 3.63) is 36.4 Å². The number of carbonyl (C=O) groups is 1. The number of rotatable bonds is 4. The highest BCUT2D eigenvalue weighted by Crippen LogP contribution is 2.28. The van der Waals surface area contributed by atoms with Gasteiger partial charge in [0.25, 0.3) is 6.16 Å². The Morgan fingerprint density at radius 1 is 1.48 bits per heavy atom. The summed E-state index contributed by atoms with van der Waals surface area (Å²) in [5, 5.41) is 10.2. The molecule has 0 atom stereocenters. The molecule has 0 amide bonds. The van der Waals surface area contributed by atoms with Gasteiger partial charge in [-0.05, 0) is 36.6 Å². The van der Waals surface area contributed by atoms with Crippen LogP contribution in [0.1, 0.15) is 18.4 Å². The fraction of sp³-hybridized carbons (Fsp3) is 0.400. The maximum absolute atomic E-state index is 10.2. The zero-order valence-electron chi connectivity index (χ0n) is 12.1. The lowest BCUT2D eigenvalue weighted by Crippen LogP contribution is -2.26. The molecular formula is C15H19O5Si-. The molecule has 0 spiro atoms. The summed E-state index contributed by atoms with van der Waals surface area (Å²) in [6.45, 7) is 4.62. The summed E-state index contributed by atoms with van der Waals surface area (Å²) in [4.78, 5) is 10.2. The van der Waals surface area contributed by atoms with E-state index >= 15 is 0 Å². The van der Waals surface area contributed by atoms with E-state index < -0.39 is 6.16 Å². The van der Waals surface area contributed by atoms with Gasteiger partial charge in [-0.15, -0.1) is 6.58 Å². The highest BCUT2D eigenvalue weighted by atomic mass is 28.2. The molecule has 1 aliphatic rings. The lowest BCUT2D eigenvalue weighted by atomic mass is 10.1. The number of methoxy groups -OCH3 is 1. The molecule has 2 radical (unpaired) electrons. The monoisotopic (exact) mass is 307 g/mol. The summed E-state index contributed by atoms with van der Waals surface area (Å²) in [6.07, 6.45) is 3.49. The van der Waals surface area contributed by atoms with Crippen LogP contribution >= 0.6 is 0 Å². The molecule has 1 heterocycles. The number of allylic oxidation sites excluding steroid dienone is 1. The lowest BCUT2D eigenvalue weighted by Gasteiger charge is -2.13. The second kappa shape index (κ2) is 10.0. The summed E-state index contributed by atoms with van der Waals surface area (Å²) >= 11 is 0. The zero-order valence-corrected chi connectivity index (χ0v) is 13.1. The standard InChI is InChI=1S/C11H12O4.C4H8OSi/c1-3-4-8-5-6-9(15-11(12)13)10(7-8)14-2;1-2-4-6-5-3-1/h3,5-7H,1,4H2,2H3,(H,12,13);1-4H2/p-1. The van der Waals surface area contributed by atoms with Gasteiger partial charge in [-0.3, -0.25) is 0 Å². The molecule has 1 saturated heterocycles. The van der Waals surface area contributed by atoms with Crippen LogP contribution in [0.25, 0.3) is 0 Å². The normalized spacial score (nSPS) is 13.6. The largest absolute Gasteiger partial charge is 0.510 e. The Labute approximate surface area is 127 Å². The van der Waals surface area contributed by atoms with Crippen molar-refractivity contribution in [2.75, 3.05) is 13.7 Å². The molecule has 21 heavy (non-hydrogen) atoms. The fourth-order valence-corrected chi connectivity index (χ4v) is 2.52. The first-order valence-corrected chi connectivity index (χ1v) is 7.80. The fourth-order valence-electron chi connectivity index (χ4n) is 1.70. The van der Waals surface area contributed by atoms with Crippen molar-refractivity contribution >= 4 is 15.9 Å². The Kier molecular flexibility index (Phi) is 8.23. The second-order valence-corrected chi connectivity index (χ2v) is 5.36. The van der Waals surface area contributed by atoms with Gasteiger partial charge in [0, 0.05) is 6.61 Å². The molecule has 0 saturated carbocycles. The number of benzene rings is 1. The van der Waals surface area contributed by atoms with E-state index in [0.29, 0.717) is 12.2 Å². The van der Waals surface area contributed by atoms with Crippen LogP contribution < -0.4 is 14.6 Å². The van der Waals surface area contributed by atoms with Crippen molar-refractivity contribution in [3.63, 3.8) is 0 Å². The van der Waals surface area contributed by atoms with Crippen molar-refractivity contribution in [3.8, 4) is 11.5 Å². The molecule has 0 aliphatic carbocycles. The molecule has 0 bridgehead atoms. The van der Waals surface area contributed by atoms with Crippen LogP contribution in [0, 0.1) is 0 Å². The second-order valence-electron chi connectivity index (χ2n) is 4.28. The third-order valence-corrected chi connectivity index (χ3v) is 3.64. The van der Waals surface area contributed by atoms with Gasteiger partial charge < -0.3 is 23.8 Å². The van der Waals surface area contributed by atoms with Crippen LogP contribution in [0.3, 0.4) is 0 Å². The Morgan fingerprint density at radius 3 is 2.71 bits per heavy atom. The maximum atomic E-state index is 10.2. The molecular weight excluding hydrogens is 288 g/mol. The van der Waals surface area contributed by atoms with Crippen LogP contribution in [-0.4, -0.2) is 29.6 Å². The van der Waals surface area contributed by atoms with Gasteiger partial charge in [0.15, 0.2) is 0 Å². The Morgan fingerprint density at radius 2 is 2.29 bits per heavy atom. The molecule has 1 fully saturated rings. The van der Waals surface area contributed by atoms with Crippen LogP contribution in [0.5, 0.6) is 11.5 Å². The molecule has 6 heteroatoms. The molecule has 5 nitrogen and oxygen atoms in total. The molecule has 0 N–H and O–H groups in total. The van der Waals surface area contributed by atoms with Gasteiger partial charge in [-0.25, -0.2) is 0 Å². The predicted octanol–water partition coefficient (Wildman–Crippen LogP) is 1.98. The van der Waals surface area contributed by atoms with Crippen molar-refractivity contribution in [2.45, 2.75) is 25.3 Å². The van der Waals surface area contributed by atoms with E-state index in [4.69, 9.17) is 9.16 Å².